The Morgan fingerprint density at radius 2 is 2.26 bits per heavy atom. The normalized spacial score (nSPS) is 10.4. The SMILES string of the molecule is CCC(=O)OCc1sc(-c2ccc(N)cn2)nc1C. The highest BCUT2D eigenvalue weighted by molar-refractivity contribution is 7.15. The molecule has 0 saturated carbocycles. The lowest BCUT2D eigenvalue weighted by atomic mass is 10.3. The number of rotatable bonds is 4. The molecule has 2 rings (SSSR count). The molecule has 0 atom stereocenters. The van der Waals surface area contributed by atoms with Crippen molar-refractivity contribution in [1.29, 1.82) is 0 Å². The van der Waals surface area contributed by atoms with Crippen LogP contribution in [0.5, 0.6) is 0 Å². The van der Waals surface area contributed by atoms with Gasteiger partial charge in [-0.1, -0.05) is 6.92 Å². The summed E-state index contributed by atoms with van der Waals surface area (Å²) in [5.74, 6) is -0.208. The number of nitrogens with two attached hydrogens (primary N) is 1. The van der Waals surface area contributed by atoms with Crippen molar-refractivity contribution in [3.05, 3.63) is 28.9 Å². The summed E-state index contributed by atoms with van der Waals surface area (Å²) in [6.07, 6.45) is 1.98. The average Bonchev–Trinajstić information content (AvgIpc) is 2.78. The van der Waals surface area contributed by atoms with Gasteiger partial charge in [0.1, 0.15) is 11.6 Å². The van der Waals surface area contributed by atoms with Gasteiger partial charge in [-0.25, -0.2) is 4.98 Å². The number of nitrogen functional groups attached to an aromatic ring is 1. The molecule has 100 valence electrons. The second-order valence-corrected chi connectivity index (χ2v) is 5.10. The number of nitrogens with zero attached hydrogens (tertiary/aromatic N) is 2. The highest BCUT2D eigenvalue weighted by atomic mass is 32.1. The number of aromatic nitrogens is 2. The maximum absolute atomic E-state index is 11.1. The minimum Gasteiger partial charge on any atom is -0.460 e. The highest BCUT2D eigenvalue weighted by Crippen LogP contribution is 2.27. The molecule has 5 nitrogen and oxygen atoms in total. The maximum atomic E-state index is 11.1. The Morgan fingerprint density at radius 3 is 2.89 bits per heavy atom. The summed E-state index contributed by atoms with van der Waals surface area (Å²) in [6, 6.07) is 3.62. The van der Waals surface area contributed by atoms with Gasteiger partial charge in [-0.05, 0) is 19.1 Å². The van der Waals surface area contributed by atoms with Gasteiger partial charge in [0.2, 0.25) is 0 Å². The molecule has 2 N–H and O–H groups in total. The lowest BCUT2D eigenvalue weighted by Gasteiger charge is -2.00. The van der Waals surface area contributed by atoms with Crippen LogP contribution in [0.25, 0.3) is 10.7 Å². The summed E-state index contributed by atoms with van der Waals surface area (Å²) >= 11 is 1.48. The first-order valence-electron chi connectivity index (χ1n) is 5.94. The summed E-state index contributed by atoms with van der Waals surface area (Å²) in [4.78, 5) is 20.8. The first-order valence-corrected chi connectivity index (χ1v) is 6.75. The molecule has 0 saturated heterocycles. The van der Waals surface area contributed by atoms with Crippen LogP contribution in [-0.2, 0) is 16.1 Å². The molecule has 0 spiro atoms. The summed E-state index contributed by atoms with van der Waals surface area (Å²) in [5, 5.41) is 0.806. The van der Waals surface area contributed by atoms with Gasteiger partial charge in [0.05, 0.1) is 28.1 Å². The lowest BCUT2D eigenvalue weighted by molar-refractivity contribution is -0.144. The van der Waals surface area contributed by atoms with Crippen molar-refractivity contribution in [2.45, 2.75) is 26.9 Å². The van der Waals surface area contributed by atoms with E-state index < -0.39 is 0 Å². The molecule has 0 fully saturated rings. The second kappa shape index (κ2) is 5.79. The number of carbonyl (C=O) groups excluding carboxylic acids is 1. The smallest absolute Gasteiger partial charge is 0.305 e. The number of thiazole rings is 1. The van der Waals surface area contributed by atoms with Crippen LogP contribution < -0.4 is 5.73 Å². The van der Waals surface area contributed by atoms with Gasteiger partial charge in [-0.2, -0.15) is 0 Å². The summed E-state index contributed by atoms with van der Waals surface area (Å²) in [5.41, 5.74) is 7.86. The highest BCUT2D eigenvalue weighted by Gasteiger charge is 2.11. The second-order valence-electron chi connectivity index (χ2n) is 4.02. The van der Waals surface area contributed by atoms with Gasteiger partial charge in [-0.15, -0.1) is 11.3 Å². The van der Waals surface area contributed by atoms with Crippen molar-refractivity contribution in [1.82, 2.24) is 9.97 Å². The van der Waals surface area contributed by atoms with Gasteiger partial charge >= 0.3 is 5.97 Å². The van der Waals surface area contributed by atoms with E-state index in [1.54, 1.807) is 19.2 Å². The molecule has 0 aliphatic heterocycles. The van der Waals surface area contributed by atoms with Crippen LogP contribution in [0, 0.1) is 6.92 Å². The van der Waals surface area contributed by atoms with E-state index in [4.69, 9.17) is 10.5 Å². The van der Waals surface area contributed by atoms with E-state index in [0.29, 0.717) is 12.1 Å². The molecule has 0 amide bonds. The molecule has 19 heavy (non-hydrogen) atoms. The van der Waals surface area contributed by atoms with Crippen LogP contribution in [0.2, 0.25) is 0 Å². The van der Waals surface area contributed by atoms with E-state index in [0.717, 1.165) is 21.3 Å². The van der Waals surface area contributed by atoms with Crippen LogP contribution in [0.3, 0.4) is 0 Å². The fraction of sp³-hybridized carbons (Fsp3) is 0.308. The minimum atomic E-state index is -0.208. The van der Waals surface area contributed by atoms with Crippen molar-refractivity contribution in [3.8, 4) is 10.7 Å². The van der Waals surface area contributed by atoms with Crippen molar-refractivity contribution in [2.24, 2.45) is 0 Å². The fourth-order valence-corrected chi connectivity index (χ4v) is 2.40. The molecule has 2 aromatic heterocycles. The largest absolute Gasteiger partial charge is 0.460 e. The van der Waals surface area contributed by atoms with Crippen LogP contribution in [0.15, 0.2) is 18.3 Å². The zero-order chi connectivity index (χ0) is 13.8. The number of esters is 1. The first-order chi connectivity index (χ1) is 9.10. The van der Waals surface area contributed by atoms with E-state index in [-0.39, 0.29) is 12.6 Å². The van der Waals surface area contributed by atoms with Crippen molar-refractivity contribution in [3.63, 3.8) is 0 Å². The number of ether oxygens (including phenoxy) is 1. The van der Waals surface area contributed by atoms with Crippen LogP contribution >= 0.6 is 11.3 Å². The number of pyridine rings is 1. The van der Waals surface area contributed by atoms with E-state index >= 15 is 0 Å². The molecule has 6 heteroatoms. The van der Waals surface area contributed by atoms with Crippen molar-refractivity contribution >= 4 is 23.0 Å². The predicted octanol–water partition coefficient (Wildman–Crippen LogP) is 2.55. The Bertz CT molecular complexity index is 578. The molecular formula is C13H15N3O2S. The fourth-order valence-electron chi connectivity index (χ4n) is 1.45. The Hall–Kier alpha value is -1.95. The molecule has 2 aromatic rings. The molecular weight excluding hydrogens is 262 g/mol. The number of hydrogen-bond acceptors (Lipinski definition) is 6. The van der Waals surface area contributed by atoms with Crippen LogP contribution in [0.1, 0.15) is 23.9 Å². The Kier molecular flexibility index (Phi) is 4.11. The molecule has 0 aromatic carbocycles. The molecule has 0 unspecified atom stereocenters. The summed E-state index contributed by atoms with van der Waals surface area (Å²) < 4.78 is 5.12. The standard InChI is InChI=1S/C13H15N3O2S/c1-3-12(17)18-7-11-8(2)16-13(19-11)10-5-4-9(14)6-15-10/h4-6H,3,7,14H2,1-2H3. The third-order valence-corrected chi connectivity index (χ3v) is 3.70. The zero-order valence-electron chi connectivity index (χ0n) is 10.8. The molecule has 0 aliphatic carbocycles. The Morgan fingerprint density at radius 1 is 1.47 bits per heavy atom. The van der Waals surface area contributed by atoms with Gasteiger partial charge in [0, 0.05) is 6.42 Å². The molecule has 2 heterocycles. The third kappa shape index (κ3) is 3.29. The summed E-state index contributed by atoms with van der Waals surface area (Å²) in [7, 11) is 0. The zero-order valence-corrected chi connectivity index (χ0v) is 11.7. The molecule has 0 radical (unpaired) electrons. The van der Waals surface area contributed by atoms with E-state index in [2.05, 4.69) is 9.97 Å². The number of carbonyl (C=O) groups is 1. The van der Waals surface area contributed by atoms with Crippen LogP contribution in [0.4, 0.5) is 5.69 Å². The lowest BCUT2D eigenvalue weighted by Crippen LogP contribution is -2.01. The van der Waals surface area contributed by atoms with Gasteiger partial charge in [0.15, 0.2) is 0 Å². The van der Waals surface area contributed by atoms with Crippen molar-refractivity contribution < 1.29 is 9.53 Å². The van der Waals surface area contributed by atoms with E-state index in [1.807, 2.05) is 13.0 Å². The van der Waals surface area contributed by atoms with E-state index in [1.165, 1.54) is 11.3 Å². The number of anilines is 1. The average molecular weight is 277 g/mol. The quantitative estimate of drug-likeness (QED) is 0.869. The van der Waals surface area contributed by atoms with Gasteiger partial charge < -0.3 is 10.5 Å². The van der Waals surface area contributed by atoms with Gasteiger partial charge in [-0.3, -0.25) is 9.78 Å². The maximum Gasteiger partial charge on any atom is 0.305 e. The van der Waals surface area contributed by atoms with Crippen molar-refractivity contribution in [2.75, 3.05) is 5.73 Å². The number of aryl methyl sites for hydroxylation is 1. The van der Waals surface area contributed by atoms with Crippen LogP contribution in [-0.4, -0.2) is 15.9 Å². The van der Waals surface area contributed by atoms with E-state index in [9.17, 15) is 4.79 Å². The molecule has 0 aliphatic rings. The number of hydrogen-bond donors (Lipinski definition) is 1. The Labute approximate surface area is 115 Å². The predicted molar refractivity (Wildman–Crippen MR) is 74.6 cm³/mol. The first kappa shape index (κ1) is 13.5. The monoisotopic (exact) mass is 277 g/mol. The topological polar surface area (TPSA) is 78.1 Å². The Balaban J connectivity index is 2.16. The summed E-state index contributed by atoms with van der Waals surface area (Å²) in [6.45, 7) is 3.93. The van der Waals surface area contributed by atoms with Gasteiger partial charge in [0.25, 0.3) is 0 Å². The minimum absolute atomic E-state index is 0.208. The molecule has 0 bridgehead atoms. The third-order valence-electron chi connectivity index (χ3n) is 2.55.